The van der Waals surface area contributed by atoms with Gasteiger partial charge in [0.1, 0.15) is 5.65 Å². The van der Waals surface area contributed by atoms with Crippen LogP contribution in [0.4, 0.5) is 0 Å². The van der Waals surface area contributed by atoms with Crippen molar-refractivity contribution >= 4 is 22.6 Å². The van der Waals surface area contributed by atoms with Gasteiger partial charge in [0.05, 0.1) is 5.39 Å². The van der Waals surface area contributed by atoms with Crippen molar-refractivity contribution in [3.8, 4) is 5.69 Å². The summed E-state index contributed by atoms with van der Waals surface area (Å²) in [5.74, 6) is 0. The Bertz CT molecular complexity index is 1010. The van der Waals surface area contributed by atoms with Gasteiger partial charge in [0.2, 0.25) is 0 Å². The number of benzene rings is 1. The molecular weight excluding hydrogens is 296 g/mol. The van der Waals surface area contributed by atoms with Crippen molar-refractivity contribution in [3.63, 3.8) is 0 Å². The van der Waals surface area contributed by atoms with Crippen LogP contribution in [0.25, 0.3) is 16.7 Å². The molecule has 0 amide bonds. The predicted molar refractivity (Wildman–Crippen MR) is 89.0 cm³/mol. The van der Waals surface area contributed by atoms with E-state index in [1.165, 1.54) is 0 Å². The Morgan fingerprint density at radius 2 is 2.14 bits per heavy atom. The van der Waals surface area contributed by atoms with E-state index in [0.29, 0.717) is 52.3 Å². The molecule has 0 fully saturated rings. The molecule has 4 rings (SSSR count). The normalized spacial score (nSPS) is 17.7. The van der Waals surface area contributed by atoms with Gasteiger partial charge in [0.15, 0.2) is 5.43 Å². The topological polar surface area (TPSA) is 34.9 Å². The second-order valence-corrected chi connectivity index (χ2v) is 5.81. The summed E-state index contributed by atoms with van der Waals surface area (Å²) >= 11 is 6.14. The fourth-order valence-corrected chi connectivity index (χ4v) is 3.20. The van der Waals surface area contributed by atoms with Crippen molar-refractivity contribution in [3.05, 3.63) is 69.1 Å². The smallest absolute Gasteiger partial charge is 0.194 e. The number of pyridine rings is 2. The van der Waals surface area contributed by atoms with Crippen LogP contribution in [0.15, 0.2) is 47.4 Å². The number of fused-ring (bicyclic) bond motifs is 2. The molecule has 0 bridgehead atoms. The molecule has 2 heterocycles. The summed E-state index contributed by atoms with van der Waals surface area (Å²) in [6.45, 7) is 0. The van der Waals surface area contributed by atoms with Crippen molar-refractivity contribution in [2.45, 2.75) is 25.6 Å². The first-order valence-electron chi connectivity index (χ1n) is 8.28. The monoisotopic (exact) mass is 314 g/mol. The predicted octanol–water partition coefficient (Wildman–Crippen LogP) is 3.92. The van der Waals surface area contributed by atoms with Gasteiger partial charge >= 0.3 is 0 Å². The molecule has 3 nitrogen and oxygen atoms in total. The molecule has 2 aromatic heterocycles. The minimum Gasteiger partial charge on any atom is -0.298 e. The summed E-state index contributed by atoms with van der Waals surface area (Å²) in [6, 6.07) is 10.7. The molecule has 1 aromatic carbocycles. The highest BCUT2D eigenvalue weighted by Crippen LogP contribution is 2.27. The maximum Gasteiger partial charge on any atom is 0.194 e. The quantitative estimate of drug-likeness (QED) is 0.682. The molecule has 110 valence electrons. The van der Waals surface area contributed by atoms with Crippen LogP contribution in [-0.2, 0) is 12.8 Å². The highest BCUT2D eigenvalue weighted by atomic mass is 35.5. The van der Waals surface area contributed by atoms with Crippen LogP contribution in [0, 0.1) is 0 Å². The van der Waals surface area contributed by atoms with E-state index in [0.717, 1.165) is 0 Å². The molecule has 0 saturated heterocycles. The Morgan fingerprint density at radius 1 is 1.23 bits per heavy atom. The van der Waals surface area contributed by atoms with Gasteiger partial charge in [-0.2, -0.15) is 0 Å². The van der Waals surface area contributed by atoms with Gasteiger partial charge in [-0.15, -0.1) is 0 Å². The van der Waals surface area contributed by atoms with Gasteiger partial charge in [-0.1, -0.05) is 17.7 Å². The number of hydrogen-bond donors (Lipinski definition) is 0. The molecule has 0 spiro atoms. The van der Waals surface area contributed by atoms with Crippen LogP contribution < -0.4 is 5.43 Å². The summed E-state index contributed by atoms with van der Waals surface area (Å²) in [5, 5.41) is 1.06. The molecule has 22 heavy (non-hydrogen) atoms. The number of halogens is 1. The van der Waals surface area contributed by atoms with E-state index in [4.69, 9.17) is 14.3 Å². The number of aromatic nitrogens is 2. The SMILES string of the molecule is [3H]C1([3H])CCCc2c1n(-c1cccc(Cl)c1)c1ncccc1c2=O. The summed E-state index contributed by atoms with van der Waals surface area (Å²) in [6.07, 6.45) is 1.67. The van der Waals surface area contributed by atoms with Crippen molar-refractivity contribution in [1.29, 1.82) is 0 Å². The second-order valence-electron chi connectivity index (χ2n) is 5.38. The fraction of sp³-hybridized carbons (Fsp3) is 0.222. The Morgan fingerprint density at radius 3 is 3.00 bits per heavy atom. The third-order valence-corrected chi connectivity index (χ3v) is 4.22. The van der Waals surface area contributed by atoms with Gasteiger partial charge in [0, 0.05) is 30.9 Å². The lowest BCUT2D eigenvalue weighted by atomic mass is 9.94. The highest BCUT2D eigenvalue weighted by molar-refractivity contribution is 6.30. The van der Waals surface area contributed by atoms with Crippen LogP contribution in [0.3, 0.4) is 0 Å². The summed E-state index contributed by atoms with van der Waals surface area (Å²) in [4.78, 5) is 17.2. The van der Waals surface area contributed by atoms with Gasteiger partial charge < -0.3 is 0 Å². The molecule has 0 aliphatic heterocycles. The Labute approximate surface area is 136 Å². The lowest BCUT2D eigenvalue weighted by molar-refractivity contribution is 0.651. The van der Waals surface area contributed by atoms with Crippen LogP contribution in [-0.4, -0.2) is 9.55 Å². The van der Waals surface area contributed by atoms with Gasteiger partial charge in [0.25, 0.3) is 0 Å². The van der Waals surface area contributed by atoms with Crippen LogP contribution in [0.2, 0.25) is 5.02 Å². The standard InChI is InChI=1S/C18H15ClN2O/c19-12-5-3-6-13(11-12)21-16-9-2-1-7-14(16)17(22)15-8-4-10-20-18(15)21/h3-6,8,10-11H,1-2,7,9H2/i9T2. The van der Waals surface area contributed by atoms with E-state index in [1.54, 1.807) is 35.0 Å². The van der Waals surface area contributed by atoms with Gasteiger partial charge in [-0.25, -0.2) is 4.98 Å². The van der Waals surface area contributed by atoms with Crippen LogP contribution >= 0.6 is 11.6 Å². The first-order chi connectivity index (χ1) is 11.5. The van der Waals surface area contributed by atoms with Gasteiger partial charge in [-0.3, -0.25) is 9.36 Å². The van der Waals surface area contributed by atoms with E-state index >= 15 is 0 Å². The van der Waals surface area contributed by atoms with Gasteiger partial charge in [-0.05, 0) is 56.0 Å². The Hall–Kier alpha value is -2.13. The fourth-order valence-electron chi connectivity index (χ4n) is 3.02. The molecule has 1 aliphatic carbocycles. The summed E-state index contributed by atoms with van der Waals surface area (Å²) in [5.41, 5.74) is 2.02. The molecule has 0 atom stereocenters. The molecular formula is C18H15ClN2O. The van der Waals surface area contributed by atoms with Crippen LogP contribution in [0.5, 0.6) is 0 Å². The maximum absolute atomic E-state index is 12.9. The second kappa shape index (κ2) is 5.25. The van der Waals surface area contributed by atoms with E-state index < -0.39 is 6.37 Å². The zero-order valence-corrected chi connectivity index (χ0v) is 12.6. The Balaban J connectivity index is 2.22. The highest BCUT2D eigenvalue weighted by Gasteiger charge is 2.21. The maximum atomic E-state index is 12.9. The third kappa shape index (κ3) is 2.04. The molecule has 1 aliphatic rings. The molecule has 0 saturated carbocycles. The zero-order valence-electron chi connectivity index (χ0n) is 13.8. The number of rotatable bonds is 1. The molecule has 0 unspecified atom stereocenters. The zero-order chi connectivity index (χ0) is 16.9. The lowest BCUT2D eigenvalue weighted by Gasteiger charge is -2.23. The summed E-state index contributed by atoms with van der Waals surface area (Å²) in [7, 11) is 0. The Kier molecular flexibility index (Phi) is 2.73. The van der Waals surface area contributed by atoms with E-state index in [9.17, 15) is 4.79 Å². The van der Waals surface area contributed by atoms with E-state index in [1.807, 2.05) is 12.1 Å². The van der Waals surface area contributed by atoms with Crippen molar-refractivity contribution in [1.82, 2.24) is 9.55 Å². The average molecular weight is 315 g/mol. The minimum absolute atomic E-state index is 0.116. The first-order valence-corrected chi connectivity index (χ1v) is 7.66. The van der Waals surface area contributed by atoms with E-state index in [-0.39, 0.29) is 5.43 Å². The molecule has 0 N–H and O–H groups in total. The van der Waals surface area contributed by atoms with Crippen molar-refractivity contribution < 1.29 is 2.74 Å². The largest absolute Gasteiger partial charge is 0.298 e. The van der Waals surface area contributed by atoms with Crippen molar-refractivity contribution in [2.75, 3.05) is 0 Å². The lowest BCUT2D eigenvalue weighted by Crippen LogP contribution is -2.23. The first kappa shape index (κ1) is 11.4. The third-order valence-electron chi connectivity index (χ3n) is 3.99. The average Bonchev–Trinajstić information content (AvgIpc) is 2.56. The number of nitrogens with zero attached hydrogens (tertiary/aromatic N) is 2. The molecule has 0 radical (unpaired) electrons. The van der Waals surface area contributed by atoms with E-state index in [2.05, 4.69) is 4.98 Å². The summed E-state index contributed by atoms with van der Waals surface area (Å²) < 4.78 is 18.7. The van der Waals surface area contributed by atoms with Crippen molar-refractivity contribution in [2.24, 2.45) is 0 Å². The molecule has 3 aromatic rings. The number of hydrogen-bond acceptors (Lipinski definition) is 2. The minimum atomic E-state index is -1.58. The van der Waals surface area contributed by atoms with Crippen LogP contribution in [0.1, 0.15) is 26.8 Å². The molecule has 4 heteroatoms.